The Bertz CT molecular complexity index is 623. The molecule has 2 saturated carbocycles. The summed E-state index contributed by atoms with van der Waals surface area (Å²) in [4.78, 5) is 19.2. The summed E-state index contributed by atoms with van der Waals surface area (Å²) in [5.41, 5.74) is 0. The molecule has 1 unspecified atom stereocenters. The number of carbonyl (C=O) groups is 1. The number of amides is 2. The Labute approximate surface area is 167 Å². The van der Waals surface area contributed by atoms with E-state index in [1.54, 1.807) is 0 Å². The first kappa shape index (κ1) is 19.7. The van der Waals surface area contributed by atoms with Gasteiger partial charge in [-0.3, -0.25) is 0 Å². The lowest BCUT2D eigenvalue weighted by atomic mass is 9.96. The Morgan fingerprint density at radius 2 is 1.86 bits per heavy atom. The molecule has 1 saturated heterocycles. The van der Waals surface area contributed by atoms with E-state index in [2.05, 4.69) is 15.5 Å². The van der Waals surface area contributed by atoms with E-state index in [9.17, 15) is 4.79 Å². The van der Waals surface area contributed by atoms with Crippen molar-refractivity contribution in [2.75, 3.05) is 19.8 Å². The smallest absolute Gasteiger partial charge is 0.318 e. The first-order chi connectivity index (χ1) is 13.8. The Hall–Kier alpha value is -1.63. The zero-order valence-corrected chi connectivity index (χ0v) is 16.9. The number of hydrogen-bond acceptors (Lipinski definition) is 5. The average Bonchev–Trinajstić information content (AvgIpc) is 3.47. The fourth-order valence-corrected chi connectivity index (χ4v) is 4.87. The highest BCUT2D eigenvalue weighted by Crippen LogP contribution is 2.31. The van der Waals surface area contributed by atoms with Crippen LogP contribution in [-0.4, -0.2) is 46.9 Å². The predicted octanol–water partition coefficient (Wildman–Crippen LogP) is 4.00. The van der Waals surface area contributed by atoms with Gasteiger partial charge in [0.15, 0.2) is 5.82 Å². The Balaban J connectivity index is 1.25. The summed E-state index contributed by atoms with van der Waals surface area (Å²) in [5.74, 6) is 1.98. The highest BCUT2D eigenvalue weighted by Gasteiger charge is 2.35. The number of nitrogens with one attached hydrogen (secondary N) is 1. The van der Waals surface area contributed by atoms with Gasteiger partial charge >= 0.3 is 6.03 Å². The molecule has 0 bridgehead atoms. The van der Waals surface area contributed by atoms with Crippen LogP contribution in [0.15, 0.2) is 4.52 Å². The van der Waals surface area contributed by atoms with Crippen molar-refractivity contribution in [2.45, 2.75) is 89.1 Å². The molecule has 0 spiro atoms. The molecule has 3 fully saturated rings. The zero-order valence-electron chi connectivity index (χ0n) is 16.9. The van der Waals surface area contributed by atoms with E-state index in [0.29, 0.717) is 30.8 Å². The molecular formula is C21H34N4O3. The van der Waals surface area contributed by atoms with Crippen LogP contribution in [0.5, 0.6) is 0 Å². The summed E-state index contributed by atoms with van der Waals surface area (Å²) in [7, 11) is 0. The highest BCUT2D eigenvalue weighted by atomic mass is 16.5. The second-order valence-corrected chi connectivity index (χ2v) is 8.66. The second kappa shape index (κ2) is 9.72. The van der Waals surface area contributed by atoms with Crippen LogP contribution in [-0.2, 0) is 11.2 Å². The maximum Gasteiger partial charge on any atom is 0.318 e. The van der Waals surface area contributed by atoms with Gasteiger partial charge in [-0.1, -0.05) is 37.3 Å². The third kappa shape index (κ3) is 5.04. The van der Waals surface area contributed by atoms with Crippen molar-refractivity contribution in [1.82, 2.24) is 20.4 Å². The SMILES string of the molecule is O=C(NC1CCCCC1)N1CCCC1c1nc(CCOCC2CCCC2)no1. The monoisotopic (exact) mass is 390 g/mol. The minimum absolute atomic E-state index is 0.0223. The van der Waals surface area contributed by atoms with E-state index in [1.807, 2.05) is 4.90 Å². The number of carbonyl (C=O) groups excluding carboxylic acids is 1. The lowest BCUT2D eigenvalue weighted by Crippen LogP contribution is -2.45. The summed E-state index contributed by atoms with van der Waals surface area (Å²) in [6, 6.07) is 0.246. The van der Waals surface area contributed by atoms with Gasteiger partial charge in [0, 0.05) is 25.6 Å². The third-order valence-corrected chi connectivity index (χ3v) is 6.51. The van der Waals surface area contributed by atoms with Crippen molar-refractivity contribution in [1.29, 1.82) is 0 Å². The topological polar surface area (TPSA) is 80.5 Å². The number of aromatic nitrogens is 2. The maximum absolute atomic E-state index is 12.7. The number of nitrogens with zero attached hydrogens (tertiary/aromatic N) is 3. The van der Waals surface area contributed by atoms with Gasteiger partial charge in [-0.05, 0) is 44.4 Å². The molecule has 3 aliphatic rings. The molecule has 1 aliphatic heterocycles. The predicted molar refractivity (Wildman–Crippen MR) is 105 cm³/mol. The minimum Gasteiger partial charge on any atom is -0.381 e. The fraction of sp³-hybridized carbons (Fsp3) is 0.857. The fourth-order valence-electron chi connectivity index (χ4n) is 4.87. The highest BCUT2D eigenvalue weighted by molar-refractivity contribution is 5.75. The molecule has 28 heavy (non-hydrogen) atoms. The van der Waals surface area contributed by atoms with Crippen LogP contribution in [0.25, 0.3) is 0 Å². The summed E-state index contributed by atoms with van der Waals surface area (Å²) >= 11 is 0. The maximum atomic E-state index is 12.7. The minimum atomic E-state index is -0.0933. The van der Waals surface area contributed by atoms with Crippen LogP contribution < -0.4 is 5.32 Å². The van der Waals surface area contributed by atoms with Gasteiger partial charge in [0.1, 0.15) is 6.04 Å². The Morgan fingerprint density at radius 3 is 2.68 bits per heavy atom. The van der Waals surface area contributed by atoms with Crippen molar-refractivity contribution in [3.63, 3.8) is 0 Å². The number of ether oxygens (including phenoxy) is 1. The molecule has 7 nitrogen and oxygen atoms in total. The molecule has 2 amide bonds. The molecule has 1 aromatic rings. The van der Waals surface area contributed by atoms with E-state index in [-0.39, 0.29) is 12.1 Å². The lowest BCUT2D eigenvalue weighted by Gasteiger charge is -2.28. The summed E-state index contributed by atoms with van der Waals surface area (Å²) < 4.78 is 11.3. The van der Waals surface area contributed by atoms with E-state index in [4.69, 9.17) is 9.26 Å². The molecule has 2 aliphatic carbocycles. The molecule has 156 valence electrons. The summed E-state index contributed by atoms with van der Waals surface area (Å²) in [6.07, 6.45) is 13.7. The molecule has 4 rings (SSSR count). The van der Waals surface area contributed by atoms with Crippen LogP contribution in [0.4, 0.5) is 4.79 Å². The molecule has 0 radical (unpaired) electrons. The average molecular weight is 391 g/mol. The molecule has 1 N–H and O–H groups in total. The van der Waals surface area contributed by atoms with Crippen LogP contribution in [0.2, 0.25) is 0 Å². The molecule has 1 aromatic heterocycles. The standard InChI is InChI=1S/C21H34N4O3/c26-21(22-17-9-2-1-3-10-17)25-13-6-11-18(25)20-23-19(24-28-20)12-14-27-15-16-7-4-5-8-16/h16-18H,1-15H2,(H,22,26). The second-order valence-electron chi connectivity index (χ2n) is 8.66. The number of hydrogen-bond donors (Lipinski definition) is 1. The van der Waals surface area contributed by atoms with Gasteiger partial charge in [0.05, 0.1) is 6.61 Å². The first-order valence-electron chi connectivity index (χ1n) is 11.3. The van der Waals surface area contributed by atoms with Crippen molar-refractivity contribution >= 4 is 6.03 Å². The normalized spacial score (nSPS) is 24.1. The van der Waals surface area contributed by atoms with Gasteiger partial charge in [-0.25, -0.2) is 4.79 Å². The molecular weight excluding hydrogens is 356 g/mol. The summed E-state index contributed by atoms with van der Waals surface area (Å²) in [6.45, 7) is 2.24. The van der Waals surface area contributed by atoms with Crippen LogP contribution >= 0.6 is 0 Å². The largest absolute Gasteiger partial charge is 0.381 e. The van der Waals surface area contributed by atoms with Gasteiger partial charge < -0.3 is 19.5 Å². The van der Waals surface area contributed by atoms with Crippen LogP contribution in [0.3, 0.4) is 0 Å². The van der Waals surface area contributed by atoms with Crippen molar-refractivity contribution in [2.24, 2.45) is 5.92 Å². The molecule has 2 heterocycles. The third-order valence-electron chi connectivity index (χ3n) is 6.51. The van der Waals surface area contributed by atoms with Gasteiger partial charge in [-0.2, -0.15) is 4.98 Å². The van der Waals surface area contributed by atoms with E-state index < -0.39 is 0 Å². The quantitative estimate of drug-likeness (QED) is 0.712. The van der Waals surface area contributed by atoms with Crippen molar-refractivity contribution in [3.05, 3.63) is 11.7 Å². The van der Waals surface area contributed by atoms with Gasteiger partial charge in [0.25, 0.3) is 0 Å². The van der Waals surface area contributed by atoms with E-state index >= 15 is 0 Å². The Kier molecular flexibility index (Phi) is 6.83. The van der Waals surface area contributed by atoms with Crippen LogP contribution in [0.1, 0.15) is 88.4 Å². The summed E-state index contributed by atoms with van der Waals surface area (Å²) in [5, 5.41) is 7.33. The van der Waals surface area contributed by atoms with Gasteiger partial charge in [0.2, 0.25) is 5.89 Å². The molecule has 7 heteroatoms. The number of urea groups is 1. The van der Waals surface area contributed by atoms with Crippen LogP contribution in [0, 0.1) is 5.92 Å². The molecule has 1 atom stereocenters. The first-order valence-corrected chi connectivity index (χ1v) is 11.3. The van der Waals surface area contributed by atoms with Gasteiger partial charge in [-0.15, -0.1) is 0 Å². The zero-order chi connectivity index (χ0) is 19.2. The number of rotatable bonds is 7. The lowest BCUT2D eigenvalue weighted by molar-refractivity contribution is 0.102. The Morgan fingerprint density at radius 1 is 1.07 bits per heavy atom. The van der Waals surface area contributed by atoms with E-state index in [0.717, 1.165) is 44.8 Å². The number of likely N-dealkylation sites (tertiary alicyclic amines) is 1. The van der Waals surface area contributed by atoms with E-state index in [1.165, 1.54) is 44.9 Å². The molecule has 0 aromatic carbocycles. The van der Waals surface area contributed by atoms with Crippen molar-refractivity contribution < 1.29 is 14.1 Å². The van der Waals surface area contributed by atoms with Crippen molar-refractivity contribution in [3.8, 4) is 0 Å².